The Morgan fingerprint density at radius 3 is 2.57 bits per heavy atom. The van der Waals surface area contributed by atoms with E-state index in [1.807, 2.05) is 6.92 Å². The summed E-state index contributed by atoms with van der Waals surface area (Å²) in [7, 11) is 1.29. The fraction of sp³-hybridized carbons (Fsp3) is 0.733. The van der Waals surface area contributed by atoms with Crippen LogP contribution in [-0.4, -0.2) is 21.7 Å². The van der Waals surface area contributed by atoms with Crippen molar-refractivity contribution in [2.45, 2.75) is 44.8 Å². The molecule has 4 nitrogen and oxygen atoms in total. The topological polar surface area (TPSA) is 46.9 Å². The maximum absolute atomic E-state index is 12.8. The number of hydrogen-bond donors (Lipinski definition) is 1. The zero-order chi connectivity index (χ0) is 16.9. The van der Waals surface area contributed by atoms with Crippen LogP contribution in [0.5, 0.6) is 0 Å². The maximum Gasteiger partial charge on any atom is 0.436 e. The molecular weight excluding hydrogens is 331 g/mol. The predicted molar refractivity (Wildman–Crippen MR) is 79.1 cm³/mol. The molecule has 2 bridgehead atoms. The van der Waals surface area contributed by atoms with Crippen molar-refractivity contribution in [2.75, 3.05) is 0 Å². The van der Waals surface area contributed by atoms with Crippen molar-refractivity contribution in [3.8, 4) is 0 Å². The summed E-state index contributed by atoms with van der Waals surface area (Å²) in [5, 5.41) is 5.52. The number of aromatic nitrogens is 2. The molecule has 23 heavy (non-hydrogen) atoms. The molecule has 8 heteroatoms. The van der Waals surface area contributed by atoms with Gasteiger partial charge in [0.2, 0.25) is 0 Å². The predicted octanol–water partition coefficient (Wildman–Crippen LogP) is 3.65. The van der Waals surface area contributed by atoms with Crippen molar-refractivity contribution in [2.24, 2.45) is 24.8 Å². The van der Waals surface area contributed by atoms with E-state index in [0.717, 1.165) is 17.0 Å². The highest BCUT2D eigenvalue weighted by Gasteiger charge is 2.43. The highest BCUT2D eigenvalue weighted by molar-refractivity contribution is 6.34. The molecule has 1 aromatic heterocycles. The number of alkyl halides is 3. The second-order valence-electron chi connectivity index (χ2n) is 6.73. The molecule has 0 saturated heterocycles. The lowest BCUT2D eigenvalue weighted by molar-refractivity contribution is -0.141. The molecule has 0 unspecified atom stereocenters. The lowest BCUT2D eigenvalue weighted by atomic mass is 9.84. The summed E-state index contributed by atoms with van der Waals surface area (Å²) >= 11 is 5.75. The number of fused-ring (bicyclic) bond motifs is 2. The molecule has 2 saturated carbocycles. The highest BCUT2D eigenvalue weighted by Crippen LogP contribution is 2.49. The van der Waals surface area contributed by atoms with Gasteiger partial charge in [-0.2, -0.15) is 18.3 Å². The molecule has 2 fully saturated rings. The quantitative estimate of drug-likeness (QED) is 0.905. The van der Waals surface area contributed by atoms with E-state index in [9.17, 15) is 18.0 Å². The Morgan fingerprint density at radius 2 is 2.09 bits per heavy atom. The Kier molecular flexibility index (Phi) is 4.11. The third-order valence-corrected chi connectivity index (χ3v) is 5.62. The number of carbonyl (C=O) groups excluding carboxylic acids is 1. The van der Waals surface area contributed by atoms with E-state index < -0.39 is 22.8 Å². The average Bonchev–Trinajstić information content (AvgIpc) is 3.12. The third-order valence-electron chi connectivity index (χ3n) is 5.27. The second kappa shape index (κ2) is 5.69. The Bertz CT molecular complexity index is 628. The van der Waals surface area contributed by atoms with E-state index in [0.29, 0.717) is 11.8 Å². The molecule has 1 heterocycles. The molecule has 0 aliphatic heterocycles. The Labute approximate surface area is 137 Å². The van der Waals surface area contributed by atoms with Gasteiger partial charge in [0.05, 0.1) is 0 Å². The van der Waals surface area contributed by atoms with Gasteiger partial charge in [0.25, 0.3) is 5.91 Å². The monoisotopic (exact) mass is 349 g/mol. The van der Waals surface area contributed by atoms with Gasteiger partial charge in [-0.25, -0.2) is 0 Å². The molecule has 0 aromatic carbocycles. The summed E-state index contributed by atoms with van der Waals surface area (Å²) in [5.74, 6) is 1.15. The highest BCUT2D eigenvalue weighted by atomic mass is 35.5. The minimum absolute atomic E-state index is 0.0851. The van der Waals surface area contributed by atoms with Gasteiger partial charge >= 0.3 is 6.18 Å². The minimum Gasteiger partial charge on any atom is -0.348 e. The lowest BCUT2D eigenvalue weighted by Crippen LogP contribution is -2.40. The standard InChI is InChI=1S/C15H19ClF3N3O/c1-7(10-6-8-3-4-9(10)5-8)20-14(23)12-11(16)13(15(17,18)19)21-22(12)2/h7-10H,3-6H2,1-2H3,(H,20,23)/t7-,8-,9-,10-/m1/s1. The summed E-state index contributed by atoms with van der Waals surface area (Å²) in [5.41, 5.74) is -1.46. The molecule has 2 aliphatic carbocycles. The van der Waals surface area contributed by atoms with Crippen LogP contribution in [0, 0.1) is 17.8 Å². The first-order chi connectivity index (χ1) is 10.7. The van der Waals surface area contributed by atoms with Gasteiger partial charge in [-0.15, -0.1) is 0 Å². The van der Waals surface area contributed by atoms with Gasteiger partial charge in [-0.3, -0.25) is 9.48 Å². The van der Waals surface area contributed by atoms with Gasteiger partial charge in [0, 0.05) is 13.1 Å². The number of rotatable bonds is 3. The van der Waals surface area contributed by atoms with E-state index >= 15 is 0 Å². The van der Waals surface area contributed by atoms with Crippen LogP contribution in [0.3, 0.4) is 0 Å². The van der Waals surface area contributed by atoms with Crippen molar-refractivity contribution in [3.05, 3.63) is 16.4 Å². The van der Waals surface area contributed by atoms with Gasteiger partial charge in [-0.05, 0) is 43.9 Å². The van der Waals surface area contributed by atoms with Crippen LogP contribution < -0.4 is 5.32 Å². The largest absolute Gasteiger partial charge is 0.436 e. The van der Waals surface area contributed by atoms with Crippen molar-refractivity contribution >= 4 is 17.5 Å². The first kappa shape index (κ1) is 16.6. The van der Waals surface area contributed by atoms with Crippen molar-refractivity contribution in [1.82, 2.24) is 15.1 Å². The molecule has 2 aliphatic rings. The van der Waals surface area contributed by atoms with Crippen LogP contribution in [0.2, 0.25) is 5.02 Å². The number of hydrogen-bond acceptors (Lipinski definition) is 2. The van der Waals surface area contributed by atoms with Crippen molar-refractivity contribution in [1.29, 1.82) is 0 Å². The van der Waals surface area contributed by atoms with Crippen molar-refractivity contribution < 1.29 is 18.0 Å². The van der Waals surface area contributed by atoms with Crippen LogP contribution in [0.15, 0.2) is 0 Å². The van der Waals surface area contributed by atoms with Crippen LogP contribution >= 0.6 is 11.6 Å². The number of carbonyl (C=O) groups is 1. The number of aryl methyl sites for hydroxylation is 1. The molecule has 0 spiro atoms. The zero-order valence-electron chi connectivity index (χ0n) is 13.0. The molecule has 0 radical (unpaired) electrons. The number of nitrogens with one attached hydrogen (secondary N) is 1. The Morgan fingerprint density at radius 1 is 1.39 bits per heavy atom. The fourth-order valence-corrected chi connectivity index (χ4v) is 4.57. The number of halogens is 4. The van der Waals surface area contributed by atoms with E-state index in [1.165, 1.54) is 26.3 Å². The number of nitrogens with zero attached hydrogens (tertiary/aromatic N) is 2. The molecule has 3 rings (SSSR count). The van der Waals surface area contributed by atoms with Gasteiger partial charge in [-0.1, -0.05) is 18.0 Å². The van der Waals surface area contributed by atoms with E-state index in [1.54, 1.807) is 0 Å². The van der Waals surface area contributed by atoms with Crippen LogP contribution in [-0.2, 0) is 13.2 Å². The summed E-state index contributed by atoms with van der Waals surface area (Å²) in [6.45, 7) is 1.91. The van der Waals surface area contributed by atoms with Crippen LogP contribution in [0.25, 0.3) is 0 Å². The molecule has 128 valence electrons. The van der Waals surface area contributed by atoms with E-state index in [4.69, 9.17) is 11.6 Å². The first-order valence-electron chi connectivity index (χ1n) is 7.79. The summed E-state index contributed by atoms with van der Waals surface area (Å²) in [6, 6.07) is -0.0851. The van der Waals surface area contributed by atoms with Crippen molar-refractivity contribution in [3.63, 3.8) is 0 Å². The smallest absolute Gasteiger partial charge is 0.348 e. The van der Waals surface area contributed by atoms with E-state index in [2.05, 4.69) is 10.4 Å². The average molecular weight is 350 g/mol. The molecular formula is C15H19ClF3N3O. The van der Waals surface area contributed by atoms with Gasteiger partial charge in [0.1, 0.15) is 10.7 Å². The van der Waals surface area contributed by atoms with Crippen LogP contribution in [0.1, 0.15) is 48.8 Å². The molecule has 1 amide bonds. The van der Waals surface area contributed by atoms with Gasteiger partial charge < -0.3 is 5.32 Å². The van der Waals surface area contributed by atoms with Crippen LogP contribution in [0.4, 0.5) is 13.2 Å². The first-order valence-corrected chi connectivity index (χ1v) is 8.16. The summed E-state index contributed by atoms with van der Waals surface area (Å²) in [6.07, 6.45) is 0.0444. The molecule has 1 N–H and O–H groups in total. The normalized spacial score (nSPS) is 28.2. The lowest BCUT2D eigenvalue weighted by Gasteiger charge is -2.28. The minimum atomic E-state index is -4.68. The Balaban J connectivity index is 1.75. The maximum atomic E-state index is 12.8. The third kappa shape index (κ3) is 2.95. The summed E-state index contributed by atoms with van der Waals surface area (Å²) < 4.78 is 39.4. The molecule has 4 atom stereocenters. The summed E-state index contributed by atoms with van der Waals surface area (Å²) in [4.78, 5) is 12.4. The SMILES string of the molecule is C[C@@H](NC(=O)c1c(Cl)c(C(F)(F)F)nn1C)[C@H]1C[C@@H]2CC[C@@H]1C2. The molecule has 1 aromatic rings. The zero-order valence-corrected chi connectivity index (χ0v) is 13.7. The van der Waals surface area contributed by atoms with Gasteiger partial charge in [0.15, 0.2) is 5.69 Å². The Hall–Kier alpha value is -1.24. The number of amides is 1. The fourth-order valence-electron chi connectivity index (χ4n) is 4.21. The second-order valence-corrected chi connectivity index (χ2v) is 7.11. The van der Waals surface area contributed by atoms with E-state index in [-0.39, 0.29) is 11.7 Å².